The molecular weight excluding hydrogens is 386 g/mol. The Morgan fingerprint density at radius 3 is 2.45 bits per heavy atom. The van der Waals surface area contributed by atoms with Crippen molar-refractivity contribution >= 4 is 21.6 Å². The lowest BCUT2D eigenvalue weighted by molar-refractivity contribution is -0.120. The first-order chi connectivity index (χ1) is 13.9. The highest BCUT2D eigenvalue weighted by molar-refractivity contribution is 7.89. The van der Waals surface area contributed by atoms with E-state index in [0.717, 1.165) is 24.8 Å². The number of aryl methyl sites for hydroxylation is 1. The molecule has 0 aromatic heterocycles. The molecule has 0 saturated carbocycles. The van der Waals surface area contributed by atoms with E-state index in [1.807, 2.05) is 37.3 Å². The first-order valence-electron chi connectivity index (χ1n) is 10.1. The standard InChI is InChI=1S/C22H29N3O3S/c1-17-11-12-20(15-21(17)29(27,28)25-13-7-4-8-14-25)23-16-22(26)24-18(2)19-9-5-3-6-10-19/h3,5-6,9-12,15,18,23H,4,7-8,13-14,16H2,1-2H3,(H,24,26)/t18-/m0/s1. The van der Waals surface area contributed by atoms with Crippen LogP contribution >= 0.6 is 0 Å². The van der Waals surface area contributed by atoms with Crippen LogP contribution in [0.3, 0.4) is 0 Å². The second-order valence-electron chi connectivity index (χ2n) is 7.50. The van der Waals surface area contributed by atoms with Crippen LogP contribution in [0.5, 0.6) is 0 Å². The summed E-state index contributed by atoms with van der Waals surface area (Å²) in [4.78, 5) is 12.6. The van der Waals surface area contributed by atoms with Gasteiger partial charge in [0, 0.05) is 18.8 Å². The van der Waals surface area contributed by atoms with Gasteiger partial charge in [-0.3, -0.25) is 4.79 Å². The average molecular weight is 416 g/mol. The number of sulfonamides is 1. The van der Waals surface area contributed by atoms with Crippen molar-refractivity contribution in [3.8, 4) is 0 Å². The van der Waals surface area contributed by atoms with Crippen LogP contribution < -0.4 is 10.6 Å². The SMILES string of the molecule is Cc1ccc(NCC(=O)N[C@@H](C)c2ccccc2)cc1S(=O)(=O)N1CCCCC1. The Morgan fingerprint density at radius 1 is 1.07 bits per heavy atom. The van der Waals surface area contributed by atoms with Crippen molar-refractivity contribution < 1.29 is 13.2 Å². The van der Waals surface area contributed by atoms with E-state index < -0.39 is 10.0 Å². The molecule has 1 heterocycles. The molecule has 2 aromatic rings. The molecule has 0 aliphatic carbocycles. The summed E-state index contributed by atoms with van der Waals surface area (Å²) in [5, 5.41) is 6.00. The lowest BCUT2D eigenvalue weighted by atomic mass is 10.1. The molecule has 29 heavy (non-hydrogen) atoms. The number of hydrogen-bond donors (Lipinski definition) is 2. The largest absolute Gasteiger partial charge is 0.376 e. The molecule has 1 atom stereocenters. The van der Waals surface area contributed by atoms with Crippen molar-refractivity contribution in [1.29, 1.82) is 0 Å². The Morgan fingerprint density at radius 2 is 1.76 bits per heavy atom. The van der Waals surface area contributed by atoms with E-state index in [1.165, 1.54) is 0 Å². The van der Waals surface area contributed by atoms with Gasteiger partial charge in [0.1, 0.15) is 0 Å². The summed E-state index contributed by atoms with van der Waals surface area (Å²) in [5.74, 6) is -0.151. The number of nitrogens with zero attached hydrogens (tertiary/aromatic N) is 1. The van der Waals surface area contributed by atoms with Gasteiger partial charge in [-0.1, -0.05) is 42.8 Å². The number of piperidine rings is 1. The predicted octanol–water partition coefficient (Wildman–Crippen LogP) is 3.46. The molecule has 0 spiro atoms. The number of carbonyl (C=O) groups excluding carboxylic acids is 1. The van der Waals surface area contributed by atoms with E-state index in [-0.39, 0.29) is 18.5 Å². The average Bonchev–Trinajstić information content (AvgIpc) is 2.74. The van der Waals surface area contributed by atoms with Gasteiger partial charge in [0.05, 0.1) is 17.5 Å². The van der Waals surface area contributed by atoms with Crippen LogP contribution in [0.1, 0.15) is 43.4 Å². The minimum Gasteiger partial charge on any atom is -0.376 e. The van der Waals surface area contributed by atoms with Gasteiger partial charge in [-0.25, -0.2) is 8.42 Å². The highest BCUT2D eigenvalue weighted by Crippen LogP contribution is 2.26. The second-order valence-corrected chi connectivity index (χ2v) is 9.40. The van der Waals surface area contributed by atoms with E-state index >= 15 is 0 Å². The number of rotatable bonds is 7. The number of anilines is 1. The van der Waals surface area contributed by atoms with E-state index in [9.17, 15) is 13.2 Å². The molecule has 2 N–H and O–H groups in total. The van der Waals surface area contributed by atoms with E-state index in [0.29, 0.717) is 29.2 Å². The lowest BCUT2D eigenvalue weighted by Gasteiger charge is -2.26. The lowest BCUT2D eigenvalue weighted by Crippen LogP contribution is -2.36. The molecule has 1 aliphatic heterocycles. The number of benzene rings is 2. The van der Waals surface area contributed by atoms with Crippen LogP contribution in [0.2, 0.25) is 0 Å². The number of amides is 1. The molecule has 1 amide bonds. The topological polar surface area (TPSA) is 78.5 Å². The molecule has 1 saturated heterocycles. The van der Waals surface area contributed by atoms with Crippen LogP contribution in [-0.2, 0) is 14.8 Å². The second kappa shape index (κ2) is 9.41. The fraction of sp³-hybridized carbons (Fsp3) is 0.409. The summed E-state index contributed by atoms with van der Waals surface area (Å²) in [6.45, 7) is 4.94. The molecule has 0 unspecified atom stereocenters. The zero-order valence-corrected chi connectivity index (χ0v) is 17.8. The fourth-order valence-electron chi connectivity index (χ4n) is 3.53. The maximum Gasteiger partial charge on any atom is 0.243 e. The van der Waals surface area contributed by atoms with Gasteiger partial charge in [0.15, 0.2) is 0 Å². The summed E-state index contributed by atoms with van der Waals surface area (Å²) >= 11 is 0. The Balaban J connectivity index is 1.64. The highest BCUT2D eigenvalue weighted by atomic mass is 32.2. The highest BCUT2D eigenvalue weighted by Gasteiger charge is 2.27. The van der Waals surface area contributed by atoms with Gasteiger partial charge < -0.3 is 10.6 Å². The van der Waals surface area contributed by atoms with Crippen molar-refractivity contribution in [2.45, 2.75) is 44.0 Å². The quantitative estimate of drug-likeness (QED) is 0.726. The number of hydrogen-bond acceptors (Lipinski definition) is 4. The monoisotopic (exact) mass is 415 g/mol. The van der Waals surface area contributed by atoms with Crippen LogP contribution in [0, 0.1) is 6.92 Å². The van der Waals surface area contributed by atoms with Gasteiger partial charge in [-0.2, -0.15) is 4.31 Å². The van der Waals surface area contributed by atoms with Gasteiger partial charge >= 0.3 is 0 Å². The molecular formula is C22H29N3O3S. The zero-order valence-electron chi connectivity index (χ0n) is 17.0. The summed E-state index contributed by atoms with van der Waals surface area (Å²) < 4.78 is 27.6. The maximum atomic E-state index is 13.0. The fourth-order valence-corrected chi connectivity index (χ4v) is 5.30. The minimum atomic E-state index is -3.52. The van der Waals surface area contributed by atoms with Gasteiger partial charge in [0.2, 0.25) is 15.9 Å². The Labute approximate surface area is 173 Å². The predicted molar refractivity (Wildman–Crippen MR) is 115 cm³/mol. The third kappa shape index (κ3) is 5.36. The van der Waals surface area contributed by atoms with Crippen LogP contribution in [0.15, 0.2) is 53.4 Å². The molecule has 156 valence electrons. The first kappa shape index (κ1) is 21.3. The number of nitrogens with one attached hydrogen (secondary N) is 2. The molecule has 7 heteroatoms. The van der Waals surface area contributed by atoms with Crippen LogP contribution in [-0.4, -0.2) is 38.3 Å². The molecule has 1 aliphatic rings. The summed E-state index contributed by atoms with van der Waals surface area (Å²) in [5.41, 5.74) is 2.36. The minimum absolute atomic E-state index is 0.0729. The molecule has 1 fully saturated rings. The Bertz CT molecular complexity index is 939. The molecule has 0 radical (unpaired) electrons. The Hall–Kier alpha value is -2.38. The normalized spacial score (nSPS) is 16.2. The zero-order chi connectivity index (χ0) is 20.9. The van der Waals surface area contributed by atoms with Crippen molar-refractivity contribution in [1.82, 2.24) is 9.62 Å². The van der Waals surface area contributed by atoms with Gasteiger partial charge in [-0.05, 0) is 49.9 Å². The third-order valence-corrected chi connectivity index (χ3v) is 7.29. The van der Waals surface area contributed by atoms with E-state index in [2.05, 4.69) is 10.6 Å². The smallest absolute Gasteiger partial charge is 0.243 e. The molecule has 6 nitrogen and oxygen atoms in total. The molecule has 2 aromatic carbocycles. The van der Waals surface area contributed by atoms with E-state index in [1.54, 1.807) is 29.4 Å². The van der Waals surface area contributed by atoms with Crippen molar-refractivity contribution in [2.75, 3.05) is 25.0 Å². The van der Waals surface area contributed by atoms with Crippen molar-refractivity contribution in [3.63, 3.8) is 0 Å². The van der Waals surface area contributed by atoms with Crippen LogP contribution in [0.25, 0.3) is 0 Å². The van der Waals surface area contributed by atoms with Crippen molar-refractivity contribution in [2.24, 2.45) is 0 Å². The first-order valence-corrected chi connectivity index (χ1v) is 11.5. The summed E-state index contributed by atoms with van der Waals surface area (Å²) in [6.07, 6.45) is 2.87. The van der Waals surface area contributed by atoms with Crippen LogP contribution in [0.4, 0.5) is 5.69 Å². The molecule has 0 bridgehead atoms. The molecule has 3 rings (SSSR count). The summed E-state index contributed by atoms with van der Waals surface area (Å²) in [6, 6.07) is 14.9. The third-order valence-electron chi connectivity index (χ3n) is 5.25. The van der Waals surface area contributed by atoms with E-state index in [4.69, 9.17) is 0 Å². The Kier molecular flexibility index (Phi) is 6.92. The maximum absolute atomic E-state index is 13.0. The summed E-state index contributed by atoms with van der Waals surface area (Å²) in [7, 11) is -3.52. The van der Waals surface area contributed by atoms with Gasteiger partial charge in [0.25, 0.3) is 0 Å². The van der Waals surface area contributed by atoms with Crippen molar-refractivity contribution in [3.05, 3.63) is 59.7 Å². The number of carbonyl (C=O) groups is 1. The van der Waals surface area contributed by atoms with Gasteiger partial charge in [-0.15, -0.1) is 0 Å².